The van der Waals surface area contributed by atoms with E-state index < -0.39 is 0 Å². The highest BCUT2D eigenvalue weighted by molar-refractivity contribution is 5.94. The van der Waals surface area contributed by atoms with Crippen LogP contribution >= 0.6 is 0 Å². The van der Waals surface area contributed by atoms with Crippen LogP contribution in [-0.4, -0.2) is 69.4 Å². The van der Waals surface area contributed by atoms with Crippen LogP contribution in [0.3, 0.4) is 0 Å². The zero-order valence-electron chi connectivity index (χ0n) is 27.7. The summed E-state index contributed by atoms with van der Waals surface area (Å²) >= 11 is 0. The molecular formula is C32H66N6O2. The van der Waals surface area contributed by atoms with Crippen molar-refractivity contribution in [3.63, 3.8) is 0 Å². The molecule has 2 aliphatic rings. The Morgan fingerprint density at radius 2 is 1.68 bits per heavy atom. The summed E-state index contributed by atoms with van der Waals surface area (Å²) in [4.78, 5) is 27.8. The summed E-state index contributed by atoms with van der Waals surface area (Å²) < 4.78 is 0. The number of allylic oxidation sites excluding steroid dienone is 1. The van der Waals surface area contributed by atoms with Crippen LogP contribution in [0.15, 0.2) is 28.4 Å². The molecule has 0 unspecified atom stereocenters. The van der Waals surface area contributed by atoms with E-state index in [1.807, 2.05) is 34.6 Å². The molecule has 0 aromatic carbocycles. The van der Waals surface area contributed by atoms with E-state index >= 15 is 0 Å². The number of nitrogens with two attached hydrogens (primary N) is 1. The molecule has 8 nitrogen and oxygen atoms in total. The van der Waals surface area contributed by atoms with Crippen LogP contribution in [0.1, 0.15) is 107 Å². The maximum atomic E-state index is 12.4. The molecule has 8 heteroatoms. The summed E-state index contributed by atoms with van der Waals surface area (Å²) in [6, 6.07) is 0. The Balaban J connectivity index is -0.000000805. The largest absolute Gasteiger partial charge is 0.372 e. The Morgan fingerprint density at radius 1 is 1.12 bits per heavy atom. The van der Waals surface area contributed by atoms with Gasteiger partial charge in [0.25, 0.3) is 0 Å². The molecule has 40 heavy (non-hydrogen) atoms. The Kier molecular flexibility index (Phi) is 33.1. The lowest BCUT2D eigenvalue weighted by Gasteiger charge is -2.26. The lowest BCUT2D eigenvalue weighted by Crippen LogP contribution is -2.44. The molecule has 5 N–H and O–H groups in total. The average Bonchev–Trinajstić information content (AvgIpc) is 2.97. The number of carbonyl (C=O) groups excluding carboxylic acids is 2. The highest BCUT2D eigenvalue weighted by Crippen LogP contribution is 2.22. The SMILES string of the molecule is C=C(CCC)/C(NC=NCCN1CCNCC1)=C(\C)C(=O)NCC(C)C.CC.CC.CC1CCCCC1.NC=O. The second kappa shape index (κ2) is 31.3. The van der Waals surface area contributed by atoms with Crippen LogP contribution in [0, 0.1) is 11.8 Å². The number of nitrogens with one attached hydrogen (secondary N) is 3. The fourth-order valence-corrected chi connectivity index (χ4v) is 4.06. The van der Waals surface area contributed by atoms with Crippen molar-refractivity contribution in [3.8, 4) is 0 Å². The first-order valence-corrected chi connectivity index (χ1v) is 15.8. The van der Waals surface area contributed by atoms with Crippen molar-refractivity contribution in [2.45, 2.75) is 107 Å². The Morgan fingerprint density at radius 3 is 2.12 bits per heavy atom. The number of amides is 2. The van der Waals surface area contributed by atoms with Gasteiger partial charge in [-0.1, -0.05) is 100 Å². The molecule has 1 aliphatic carbocycles. The first-order chi connectivity index (χ1) is 19.3. The van der Waals surface area contributed by atoms with Gasteiger partial charge < -0.3 is 21.7 Å². The number of rotatable bonds is 11. The quantitative estimate of drug-likeness (QED) is 0.0849. The van der Waals surface area contributed by atoms with E-state index in [-0.39, 0.29) is 12.3 Å². The van der Waals surface area contributed by atoms with Crippen molar-refractivity contribution >= 4 is 18.7 Å². The molecule has 1 heterocycles. The van der Waals surface area contributed by atoms with Gasteiger partial charge >= 0.3 is 0 Å². The predicted molar refractivity (Wildman–Crippen MR) is 176 cm³/mol. The summed E-state index contributed by atoms with van der Waals surface area (Å²) in [6.07, 6.45) is 11.2. The third-order valence-electron chi connectivity index (χ3n) is 6.24. The Bertz CT molecular complexity index is 664. The molecular weight excluding hydrogens is 500 g/mol. The fraction of sp³-hybridized carbons (Fsp3) is 0.781. The van der Waals surface area contributed by atoms with E-state index in [4.69, 9.17) is 4.79 Å². The van der Waals surface area contributed by atoms with E-state index in [2.05, 4.69) is 65.9 Å². The van der Waals surface area contributed by atoms with Gasteiger partial charge in [0.15, 0.2) is 0 Å². The summed E-state index contributed by atoms with van der Waals surface area (Å²) in [5, 5.41) is 9.53. The van der Waals surface area contributed by atoms with E-state index in [1.165, 1.54) is 32.1 Å². The van der Waals surface area contributed by atoms with Crippen molar-refractivity contribution in [1.82, 2.24) is 20.9 Å². The molecule has 0 radical (unpaired) electrons. The van der Waals surface area contributed by atoms with E-state index in [9.17, 15) is 4.79 Å². The van der Waals surface area contributed by atoms with Crippen LogP contribution < -0.4 is 21.7 Å². The van der Waals surface area contributed by atoms with Crippen molar-refractivity contribution in [3.05, 3.63) is 23.4 Å². The topological polar surface area (TPSA) is 112 Å². The minimum Gasteiger partial charge on any atom is -0.372 e. The molecule has 1 saturated carbocycles. The van der Waals surface area contributed by atoms with Gasteiger partial charge in [-0.15, -0.1) is 0 Å². The molecule has 0 atom stereocenters. The molecule has 1 saturated heterocycles. The Hall–Kier alpha value is -2.19. The van der Waals surface area contributed by atoms with Gasteiger partial charge in [-0.25, -0.2) is 0 Å². The van der Waals surface area contributed by atoms with Gasteiger partial charge in [-0.05, 0) is 30.8 Å². The van der Waals surface area contributed by atoms with Gasteiger partial charge in [0.05, 0.1) is 18.6 Å². The minimum absolute atomic E-state index is 0.0485. The third kappa shape index (κ3) is 24.8. The lowest BCUT2D eigenvalue weighted by molar-refractivity contribution is -0.117. The average molecular weight is 567 g/mol. The van der Waals surface area contributed by atoms with E-state index in [0.717, 1.165) is 69.3 Å². The molecule has 0 aromatic heterocycles. The molecule has 236 valence electrons. The molecule has 2 fully saturated rings. The van der Waals surface area contributed by atoms with Gasteiger partial charge in [0.1, 0.15) is 0 Å². The van der Waals surface area contributed by atoms with Gasteiger partial charge in [-0.2, -0.15) is 0 Å². The molecule has 0 aromatic rings. The number of hydrogen-bond donors (Lipinski definition) is 4. The molecule has 1 aliphatic heterocycles. The molecule has 0 spiro atoms. The molecule has 0 bridgehead atoms. The zero-order chi connectivity index (χ0) is 31.2. The number of primary amides is 1. The van der Waals surface area contributed by atoms with Crippen molar-refractivity contribution < 1.29 is 9.59 Å². The van der Waals surface area contributed by atoms with Crippen molar-refractivity contribution in [2.24, 2.45) is 22.6 Å². The standard InChI is InChI=1S/C20H37N5O.C7H14.2C2H6.CH3NO/c1-6-7-17(4)19(18(5)20(26)23-14-16(2)3)24-15-22-10-13-25-11-8-21-9-12-25;1-7-5-3-2-4-6-7;2*1-2;2-1-3/h15-16,21H,4,6-14H2,1-3,5H3,(H,22,24)(H,23,26);7H,2-6H2,1H3;2*1-2H3;1H,(H2,2,3)/b19-18-;;;;. The van der Waals surface area contributed by atoms with Crippen molar-refractivity contribution in [2.75, 3.05) is 45.8 Å². The number of nitrogens with zero attached hydrogens (tertiary/aromatic N) is 2. The first kappa shape index (κ1) is 42.3. The first-order valence-electron chi connectivity index (χ1n) is 15.8. The summed E-state index contributed by atoms with van der Waals surface area (Å²) in [5.74, 6) is 1.41. The summed E-state index contributed by atoms with van der Waals surface area (Å²) in [7, 11) is 0. The summed E-state index contributed by atoms with van der Waals surface area (Å²) in [5.41, 5.74) is 6.56. The van der Waals surface area contributed by atoms with E-state index in [1.54, 1.807) is 6.34 Å². The van der Waals surface area contributed by atoms with Crippen LogP contribution in [-0.2, 0) is 9.59 Å². The Labute approximate surface area is 248 Å². The second-order valence-corrected chi connectivity index (χ2v) is 10.1. The smallest absolute Gasteiger partial charge is 0.249 e. The van der Waals surface area contributed by atoms with Crippen LogP contribution in [0.4, 0.5) is 0 Å². The van der Waals surface area contributed by atoms with Crippen LogP contribution in [0.25, 0.3) is 0 Å². The van der Waals surface area contributed by atoms with Gasteiger partial charge in [0.2, 0.25) is 12.3 Å². The maximum Gasteiger partial charge on any atom is 0.249 e. The molecule has 2 amide bonds. The highest BCUT2D eigenvalue weighted by Gasteiger charge is 2.13. The zero-order valence-corrected chi connectivity index (χ0v) is 27.7. The fourth-order valence-electron chi connectivity index (χ4n) is 4.06. The number of aliphatic imine (C=N–C) groups is 1. The summed E-state index contributed by atoms with van der Waals surface area (Å²) in [6.45, 7) is 29.3. The number of carbonyl (C=O) groups is 2. The van der Waals surface area contributed by atoms with Crippen molar-refractivity contribution in [1.29, 1.82) is 0 Å². The lowest BCUT2D eigenvalue weighted by atomic mass is 9.91. The minimum atomic E-state index is -0.0485. The van der Waals surface area contributed by atoms with Crippen LogP contribution in [0.2, 0.25) is 0 Å². The third-order valence-corrected chi connectivity index (χ3v) is 6.24. The van der Waals surface area contributed by atoms with E-state index in [0.29, 0.717) is 18.0 Å². The van der Waals surface area contributed by atoms with Gasteiger partial charge in [-0.3, -0.25) is 19.5 Å². The normalized spacial score (nSPS) is 15.8. The number of hydrogen-bond acceptors (Lipinski definition) is 5. The second-order valence-electron chi connectivity index (χ2n) is 10.1. The highest BCUT2D eigenvalue weighted by atomic mass is 16.1. The molecule has 2 rings (SSSR count). The van der Waals surface area contributed by atoms with Gasteiger partial charge in [0, 0.05) is 44.8 Å². The monoisotopic (exact) mass is 567 g/mol. The predicted octanol–water partition coefficient (Wildman–Crippen LogP) is 5.65. The number of piperazine rings is 1. The van der Waals surface area contributed by atoms with Crippen LogP contribution in [0.5, 0.6) is 0 Å². The maximum absolute atomic E-state index is 12.4.